The summed E-state index contributed by atoms with van der Waals surface area (Å²) in [5, 5.41) is 0.609. The molecule has 1 aliphatic heterocycles. The molecular formula is C24H17ClO5. The van der Waals surface area contributed by atoms with Gasteiger partial charge in [0, 0.05) is 11.1 Å². The Hall–Kier alpha value is -3.57. The molecule has 0 bridgehead atoms. The Balaban J connectivity index is 1.59. The Labute approximate surface area is 178 Å². The van der Waals surface area contributed by atoms with E-state index in [0.717, 1.165) is 5.56 Å². The number of ether oxygens (including phenoxy) is 3. The zero-order chi connectivity index (χ0) is 21.3. The van der Waals surface area contributed by atoms with Gasteiger partial charge in [-0.1, -0.05) is 29.8 Å². The van der Waals surface area contributed by atoms with Gasteiger partial charge >= 0.3 is 5.97 Å². The van der Waals surface area contributed by atoms with Crippen molar-refractivity contribution in [3.63, 3.8) is 0 Å². The number of fused-ring (bicyclic) bond motifs is 1. The normalized spacial score (nSPS) is 13.7. The molecule has 0 unspecified atom stereocenters. The van der Waals surface area contributed by atoms with Gasteiger partial charge in [-0.2, -0.15) is 0 Å². The second-order valence-electron chi connectivity index (χ2n) is 6.73. The maximum Gasteiger partial charge on any atom is 0.343 e. The van der Waals surface area contributed by atoms with Gasteiger partial charge in [0.2, 0.25) is 5.78 Å². The molecule has 0 aliphatic carbocycles. The van der Waals surface area contributed by atoms with Crippen LogP contribution in [0.15, 0.2) is 66.4 Å². The predicted molar refractivity (Wildman–Crippen MR) is 114 cm³/mol. The molecular weight excluding hydrogens is 404 g/mol. The first-order chi connectivity index (χ1) is 14.4. The number of Topliss-reactive ketones (excluding diaryl/α,β-unsaturated/α-hetero) is 1. The largest absolute Gasteiger partial charge is 0.497 e. The summed E-state index contributed by atoms with van der Waals surface area (Å²) in [5.41, 5.74) is 2.26. The summed E-state index contributed by atoms with van der Waals surface area (Å²) in [4.78, 5) is 25.3. The number of methoxy groups -OCH3 is 1. The van der Waals surface area contributed by atoms with Crippen LogP contribution < -0.4 is 14.2 Å². The van der Waals surface area contributed by atoms with Crippen LogP contribution in [-0.4, -0.2) is 18.9 Å². The molecule has 0 aromatic heterocycles. The summed E-state index contributed by atoms with van der Waals surface area (Å²) in [6.45, 7) is 1.77. The van der Waals surface area contributed by atoms with Crippen LogP contribution in [0.2, 0.25) is 5.02 Å². The van der Waals surface area contributed by atoms with E-state index in [1.807, 2.05) is 0 Å². The number of benzene rings is 3. The topological polar surface area (TPSA) is 61.8 Å². The van der Waals surface area contributed by atoms with Gasteiger partial charge < -0.3 is 14.2 Å². The second-order valence-corrected chi connectivity index (χ2v) is 7.16. The minimum absolute atomic E-state index is 0.201. The molecule has 0 amide bonds. The molecule has 5 nitrogen and oxygen atoms in total. The lowest BCUT2D eigenvalue weighted by Gasteiger charge is -2.08. The molecule has 0 spiro atoms. The smallest absolute Gasteiger partial charge is 0.343 e. The summed E-state index contributed by atoms with van der Waals surface area (Å²) in [6, 6.07) is 16.9. The van der Waals surface area contributed by atoms with Crippen molar-refractivity contribution in [2.24, 2.45) is 0 Å². The standard InChI is InChI=1S/C24H17ClO5/c1-14-10-19(29-24(27)16-4-3-5-18(12-16)28-2)13-20-22(14)23(26)21(30-20)11-15-6-8-17(25)9-7-15/h3-13H,1-2H3/b21-11-. The number of carbonyl (C=O) groups is 2. The maximum absolute atomic E-state index is 12.8. The number of esters is 1. The molecule has 30 heavy (non-hydrogen) atoms. The van der Waals surface area contributed by atoms with Gasteiger partial charge in [-0.05, 0) is 60.5 Å². The van der Waals surface area contributed by atoms with E-state index in [0.29, 0.717) is 39.0 Å². The summed E-state index contributed by atoms with van der Waals surface area (Å²) in [6.07, 6.45) is 1.65. The van der Waals surface area contributed by atoms with Crippen molar-refractivity contribution in [1.29, 1.82) is 0 Å². The zero-order valence-electron chi connectivity index (χ0n) is 16.3. The van der Waals surface area contributed by atoms with Crippen molar-refractivity contribution in [3.8, 4) is 17.2 Å². The van der Waals surface area contributed by atoms with Crippen molar-refractivity contribution in [2.45, 2.75) is 6.92 Å². The Morgan fingerprint density at radius 3 is 2.53 bits per heavy atom. The van der Waals surface area contributed by atoms with Gasteiger partial charge in [0.15, 0.2) is 5.76 Å². The third kappa shape index (κ3) is 3.93. The molecule has 0 N–H and O–H groups in total. The SMILES string of the molecule is COc1cccc(C(=O)Oc2cc(C)c3c(c2)O/C(=C\c2ccc(Cl)cc2)C3=O)c1. The Morgan fingerprint density at radius 2 is 1.80 bits per heavy atom. The highest BCUT2D eigenvalue weighted by atomic mass is 35.5. The lowest BCUT2D eigenvalue weighted by atomic mass is 10.0. The van der Waals surface area contributed by atoms with Crippen LogP contribution in [0.4, 0.5) is 0 Å². The third-order valence-electron chi connectivity index (χ3n) is 4.63. The molecule has 0 saturated carbocycles. The average Bonchev–Trinajstić information content (AvgIpc) is 3.05. The zero-order valence-corrected chi connectivity index (χ0v) is 17.0. The molecule has 3 aromatic rings. The van der Waals surface area contributed by atoms with Crippen LogP contribution >= 0.6 is 11.6 Å². The van der Waals surface area contributed by atoms with Gasteiger partial charge in [0.1, 0.15) is 17.2 Å². The number of ketones is 1. The number of allylic oxidation sites excluding steroid dienone is 1. The molecule has 1 aliphatic rings. The maximum atomic E-state index is 12.8. The van der Waals surface area contributed by atoms with E-state index >= 15 is 0 Å². The van der Waals surface area contributed by atoms with E-state index < -0.39 is 5.97 Å². The second kappa shape index (κ2) is 8.05. The van der Waals surface area contributed by atoms with E-state index in [1.54, 1.807) is 73.7 Å². The molecule has 0 atom stereocenters. The molecule has 0 radical (unpaired) electrons. The molecule has 150 valence electrons. The lowest BCUT2D eigenvalue weighted by molar-refractivity contribution is 0.0734. The first-order valence-electron chi connectivity index (χ1n) is 9.15. The fourth-order valence-electron chi connectivity index (χ4n) is 3.16. The molecule has 1 heterocycles. The first-order valence-corrected chi connectivity index (χ1v) is 9.53. The highest BCUT2D eigenvalue weighted by molar-refractivity contribution is 6.30. The Bertz CT molecular complexity index is 1180. The quantitative estimate of drug-likeness (QED) is 0.317. The van der Waals surface area contributed by atoms with Crippen LogP contribution in [0.1, 0.15) is 31.8 Å². The van der Waals surface area contributed by atoms with Crippen LogP contribution in [0.25, 0.3) is 6.08 Å². The van der Waals surface area contributed by atoms with Crippen molar-refractivity contribution in [2.75, 3.05) is 7.11 Å². The van der Waals surface area contributed by atoms with Crippen molar-refractivity contribution < 1.29 is 23.8 Å². The fourth-order valence-corrected chi connectivity index (χ4v) is 3.29. The molecule has 0 saturated heterocycles. The van der Waals surface area contributed by atoms with Crippen molar-refractivity contribution >= 4 is 29.4 Å². The minimum atomic E-state index is -0.533. The number of rotatable bonds is 4. The van der Waals surface area contributed by atoms with E-state index in [2.05, 4.69) is 0 Å². The van der Waals surface area contributed by atoms with Crippen LogP contribution in [0.5, 0.6) is 17.2 Å². The van der Waals surface area contributed by atoms with Crippen LogP contribution in [-0.2, 0) is 0 Å². The van der Waals surface area contributed by atoms with Gasteiger partial charge in [-0.25, -0.2) is 4.79 Å². The van der Waals surface area contributed by atoms with Crippen LogP contribution in [0, 0.1) is 6.92 Å². The van der Waals surface area contributed by atoms with Gasteiger partial charge in [0.05, 0.1) is 18.2 Å². The highest BCUT2D eigenvalue weighted by Crippen LogP contribution is 2.37. The Morgan fingerprint density at radius 1 is 1.03 bits per heavy atom. The minimum Gasteiger partial charge on any atom is -0.497 e. The fraction of sp³-hybridized carbons (Fsp3) is 0.0833. The van der Waals surface area contributed by atoms with E-state index in [-0.39, 0.29) is 11.5 Å². The van der Waals surface area contributed by atoms with E-state index in [1.165, 1.54) is 7.11 Å². The first kappa shape index (κ1) is 19.7. The molecule has 3 aromatic carbocycles. The number of hydrogen-bond donors (Lipinski definition) is 0. The van der Waals surface area contributed by atoms with Crippen molar-refractivity contribution in [3.05, 3.63) is 93.7 Å². The van der Waals surface area contributed by atoms with Crippen molar-refractivity contribution in [1.82, 2.24) is 0 Å². The lowest BCUT2D eigenvalue weighted by Crippen LogP contribution is -2.09. The highest BCUT2D eigenvalue weighted by Gasteiger charge is 2.30. The van der Waals surface area contributed by atoms with Gasteiger partial charge in [-0.15, -0.1) is 0 Å². The third-order valence-corrected chi connectivity index (χ3v) is 4.88. The number of carbonyl (C=O) groups excluding carboxylic acids is 2. The molecule has 0 fully saturated rings. The molecule has 4 rings (SSSR count). The molecule has 6 heteroatoms. The Kier molecular flexibility index (Phi) is 5.29. The summed E-state index contributed by atoms with van der Waals surface area (Å²) in [7, 11) is 1.53. The number of aryl methyl sites for hydroxylation is 1. The van der Waals surface area contributed by atoms with Gasteiger partial charge in [0.25, 0.3) is 0 Å². The average molecular weight is 421 g/mol. The van der Waals surface area contributed by atoms with E-state index in [4.69, 9.17) is 25.8 Å². The van der Waals surface area contributed by atoms with Gasteiger partial charge in [-0.3, -0.25) is 4.79 Å². The van der Waals surface area contributed by atoms with Crippen LogP contribution in [0.3, 0.4) is 0 Å². The summed E-state index contributed by atoms with van der Waals surface area (Å²) >= 11 is 5.90. The number of halogens is 1. The van der Waals surface area contributed by atoms with E-state index in [9.17, 15) is 9.59 Å². The predicted octanol–water partition coefficient (Wildman–Crippen LogP) is 5.49. The summed E-state index contributed by atoms with van der Waals surface area (Å²) < 4.78 is 16.4. The summed E-state index contributed by atoms with van der Waals surface area (Å²) in [5.74, 6) is 0.651. The monoisotopic (exact) mass is 420 g/mol. The number of hydrogen-bond acceptors (Lipinski definition) is 5.